The Balaban J connectivity index is 5.95. The maximum absolute atomic E-state index is 11.7. The molecule has 1 unspecified atom stereocenters. The van der Waals surface area contributed by atoms with Gasteiger partial charge in [0.05, 0.1) is 30.7 Å². The predicted octanol–water partition coefficient (Wildman–Crippen LogP) is 0.916. The molecule has 0 aliphatic heterocycles. The smallest absolute Gasteiger partial charge is 0.330 e. The molecule has 12 nitrogen and oxygen atoms in total. The third kappa shape index (κ3) is 13.6. The number of aliphatic hydroxyl groups excluding tert-OH is 1. The molecule has 0 aromatic heterocycles. The highest BCUT2D eigenvalue weighted by Crippen LogP contribution is 2.27. The van der Waals surface area contributed by atoms with Crippen LogP contribution in [-0.4, -0.2) is 86.3 Å². The van der Waals surface area contributed by atoms with Crippen LogP contribution in [0.2, 0.25) is 0 Å². The van der Waals surface area contributed by atoms with Crippen molar-refractivity contribution in [3.63, 3.8) is 0 Å². The Bertz CT molecular complexity index is 828. The number of allylic oxidation sites excluding steroid dienone is 1. The maximum Gasteiger partial charge on any atom is 0.330 e. The van der Waals surface area contributed by atoms with Crippen molar-refractivity contribution in [3.8, 4) is 0 Å². The molecule has 0 saturated carbocycles. The van der Waals surface area contributed by atoms with Crippen molar-refractivity contribution >= 4 is 29.8 Å². The zero-order chi connectivity index (χ0) is 28.3. The fourth-order valence-electron chi connectivity index (χ4n) is 2.59. The summed E-state index contributed by atoms with van der Waals surface area (Å²) >= 11 is 0. The minimum atomic E-state index is -1.42. The Morgan fingerprint density at radius 3 is 1.30 bits per heavy atom. The van der Waals surface area contributed by atoms with Crippen LogP contribution in [0.4, 0.5) is 0 Å². The highest BCUT2D eigenvalue weighted by Gasteiger charge is 2.38. The van der Waals surface area contributed by atoms with E-state index in [0.29, 0.717) is 0 Å². The van der Waals surface area contributed by atoms with Crippen molar-refractivity contribution in [2.45, 2.75) is 6.42 Å². The molecular weight excluding hydrogens is 492 g/mol. The van der Waals surface area contributed by atoms with E-state index < -0.39 is 67.1 Å². The number of carboxylic acid groups (broad SMARTS) is 1. The second-order valence-electron chi connectivity index (χ2n) is 7.84. The van der Waals surface area contributed by atoms with Gasteiger partial charge in [0.15, 0.2) is 0 Å². The lowest BCUT2D eigenvalue weighted by molar-refractivity contribution is -0.164. The third-order valence-corrected chi connectivity index (χ3v) is 4.71. The van der Waals surface area contributed by atoms with Gasteiger partial charge in [-0.2, -0.15) is 0 Å². The standard InChI is InChI=1S/C25H32O12/c1-5-20(29)34-15-24(12-26,11-9-10-19(27)28)13-33-14-25(16-35-21(30)6-2,17-36-22(31)7-3)18-37-23(32)8-4/h5-10,26H,1-4,11-18H2,(H,27,28). The van der Waals surface area contributed by atoms with E-state index in [1.807, 2.05) is 0 Å². The summed E-state index contributed by atoms with van der Waals surface area (Å²) in [5.41, 5.74) is -2.71. The molecule has 0 saturated heterocycles. The zero-order valence-corrected chi connectivity index (χ0v) is 20.4. The Labute approximate surface area is 214 Å². The lowest BCUT2D eigenvalue weighted by Crippen LogP contribution is -2.45. The first-order valence-corrected chi connectivity index (χ1v) is 10.8. The van der Waals surface area contributed by atoms with E-state index in [2.05, 4.69) is 26.3 Å². The number of rotatable bonds is 20. The van der Waals surface area contributed by atoms with E-state index in [1.54, 1.807) is 0 Å². The van der Waals surface area contributed by atoms with Gasteiger partial charge in [-0.1, -0.05) is 32.4 Å². The number of esters is 4. The number of aliphatic hydroxyl groups is 1. The zero-order valence-electron chi connectivity index (χ0n) is 20.4. The van der Waals surface area contributed by atoms with Crippen molar-refractivity contribution < 1.29 is 57.9 Å². The number of aliphatic carboxylic acids is 1. The molecule has 12 heteroatoms. The second kappa shape index (κ2) is 17.4. The summed E-state index contributed by atoms with van der Waals surface area (Å²) < 4.78 is 26.1. The molecule has 0 radical (unpaired) electrons. The van der Waals surface area contributed by atoms with Gasteiger partial charge in [0.2, 0.25) is 0 Å². The molecule has 0 rings (SSSR count). The first-order valence-electron chi connectivity index (χ1n) is 10.8. The van der Waals surface area contributed by atoms with Gasteiger partial charge in [0.1, 0.15) is 26.4 Å². The molecular formula is C25H32O12. The number of carbonyl (C=O) groups is 5. The van der Waals surface area contributed by atoms with Crippen LogP contribution in [0.15, 0.2) is 62.8 Å². The van der Waals surface area contributed by atoms with E-state index in [0.717, 1.165) is 30.4 Å². The molecule has 1 atom stereocenters. The molecule has 0 spiro atoms. The molecule has 0 aliphatic carbocycles. The molecule has 37 heavy (non-hydrogen) atoms. The second-order valence-corrected chi connectivity index (χ2v) is 7.84. The van der Waals surface area contributed by atoms with Crippen molar-refractivity contribution in [1.82, 2.24) is 0 Å². The molecule has 204 valence electrons. The number of carboxylic acids is 1. The van der Waals surface area contributed by atoms with E-state index in [9.17, 15) is 29.1 Å². The van der Waals surface area contributed by atoms with Crippen LogP contribution in [0, 0.1) is 10.8 Å². The van der Waals surface area contributed by atoms with E-state index in [4.69, 9.17) is 28.8 Å². The van der Waals surface area contributed by atoms with E-state index in [1.165, 1.54) is 6.08 Å². The SMILES string of the molecule is C=CC(=O)OCC(CO)(CC=CC(=O)O)COCC(COC(=O)C=C)(COC(=O)C=C)COC(=O)C=C. The van der Waals surface area contributed by atoms with Crippen LogP contribution in [0.3, 0.4) is 0 Å². The van der Waals surface area contributed by atoms with Crippen LogP contribution >= 0.6 is 0 Å². The van der Waals surface area contributed by atoms with Gasteiger partial charge in [0, 0.05) is 30.4 Å². The van der Waals surface area contributed by atoms with Crippen LogP contribution in [-0.2, 0) is 47.7 Å². The predicted molar refractivity (Wildman–Crippen MR) is 129 cm³/mol. The van der Waals surface area contributed by atoms with Crippen molar-refractivity contribution in [1.29, 1.82) is 0 Å². The van der Waals surface area contributed by atoms with Gasteiger partial charge in [-0.3, -0.25) is 0 Å². The average Bonchev–Trinajstić information content (AvgIpc) is 2.90. The molecule has 0 bridgehead atoms. The fraction of sp³-hybridized carbons (Fsp3) is 0.400. The Hall–Kier alpha value is -4.03. The van der Waals surface area contributed by atoms with Gasteiger partial charge < -0.3 is 33.9 Å². The van der Waals surface area contributed by atoms with Gasteiger partial charge in [0.25, 0.3) is 0 Å². The molecule has 0 fully saturated rings. The molecule has 2 N–H and O–H groups in total. The average molecular weight is 525 g/mol. The normalized spacial score (nSPS) is 12.5. The molecule has 0 aromatic rings. The fourth-order valence-corrected chi connectivity index (χ4v) is 2.59. The minimum absolute atomic E-state index is 0.0738. The van der Waals surface area contributed by atoms with E-state index in [-0.39, 0.29) is 26.2 Å². The highest BCUT2D eigenvalue weighted by atomic mass is 16.6. The number of hydrogen-bond acceptors (Lipinski definition) is 11. The summed E-state index contributed by atoms with van der Waals surface area (Å²) in [6, 6.07) is 0. The first-order chi connectivity index (χ1) is 17.5. The van der Waals surface area contributed by atoms with Crippen molar-refractivity contribution in [2.24, 2.45) is 10.8 Å². The summed E-state index contributed by atoms with van der Waals surface area (Å²) in [6.07, 6.45) is 5.64. The number of hydrogen-bond donors (Lipinski definition) is 2. The largest absolute Gasteiger partial charge is 0.478 e. The Kier molecular flexibility index (Phi) is 15.5. The molecule has 0 aromatic carbocycles. The Morgan fingerprint density at radius 2 is 0.973 bits per heavy atom. The summed E-state index contributed by atoms with van der Waals surface area (Å²) in [5, 5.41) is 18.9. The number of carbonyl (C=O) groups excluding carboxylic acids is 4. The lowest BCUT2D eigenvalue weighted by atomic mass is 9.86. The van der Waals surface area contributed by atoms with Gasteiger partial charge >= 0.3 is 29.8 Å². The quantitative estimate of drug-likeness (QED) is 0.131. The Morgan fingerprint density at radius 1 is 0.622 bits per heavy atom. The van der Waals surface area contributed by atoms with Crippen LogP contribution < -0.4 is 0 Å². The highest BCUT2D eigenvalue weighted by molar-refractivity contribution is 5.82. The van der Waals surface area contributed by atoms with Gasteiger partial charge in [-0.25, -0.2) is 24.0 Å². The van der Waals surface area contributed by atoms with Gasteiger partial charge in [-0.05, 0) is 6.42 Å². The molecule has 0 amide bonds. The summed E-state index contributed by atoms with van der Waals surface area (Å²) in [7, 11) is 0. The first kappa shape index (κ1) is 33.0. The van der Waals surface area contributed by atoms with E-state index >= 15 is 0 Å². The van der Waals surface area contributed by atoms with Crippen LogP contribution in [0.5, 0.6) is 0 Å². The maximum atomic E-state index is 11.7. The van der Waals surface area contributed by atoms with Crippen LogP contribution in [0.1, 0.15) is 6.42 Å². The lowest BCUT2D eigenvalue weighted by Gasteiger charge is -2.34. The summed E-state index contributed by atoms with van der Waals surface area (Å²) in [4.78, 5) is 57.5. The minimum Gasteiger partial charge on any atom is -0.478 e. The molecule has 0 aliphatic rings. The summed E-state index contributed by atoms with van der Waals surface area (Å²) in [5.74, 6) is -4.44. The number of ether oxygens (including phenoxy) is 5. The van der Waals surface area contributed by atoms with Crippen molar-refractivity contribution in [2.75, 3.05) is 46.2 Å². The topological polar surface area (TPSA) is 172 Å². The van der Waals surface area contributed by atoms with Crippen LogP contribution in [0.25, 0.3) is 0 Å². The van der Waals surface area contributed by atoms with Crippen molar-refractivity contribution in [3.05, 3.63) is 62.8 Å². The van der Waals surface area contributed by atoms with Gasteiger partial charge in [-0.15, -0.1) is 0 Å². The monoisotopic (exact) mass is 524 g/mol. The summed E-state index contributed by atoms with van der Waals surface area (Å²) in [6.45, 7) is 10.2. The third-order valence-electron chi connectivity index (χ3n) is 4.71. The molecule has 0 heterocycles.